The van der Waals surface area contributed by atoms with E-state index in [2.05, 4.69) is 5.32 Å². The lowest BCUT2D eigenvalue weighted by Gasteiger charge is -2.18. The Morgan fingerprint density at radius 2 is 1.96 bits per heavy atom. The highest BCUT2D eigenvalue weighted by Crippen LogP contribution is 2.20. The van der Waals surface area contributed by atoms with Gasteiger partial charge in [-0.05, 0) is 54.4 Å². The highest BCUT2D eigenvalue weighted by atomic mass is 32.1. The molecule has 28 heavy (non-hydrogen) atoms. The van der Waals surface area contributed by atoms with Crippen LogP contribution in [0, 0.1) is 0 Å². The molecule has 0 radical (unpaired) electrons. The Kier molecular flexibility index (Phi) is 5.69. The fraction of sp³-hybridized carbons (Fsp3) is 0.273. The van der Waals surface area contributed by atoms with Crippen molar-refractivity contribution in [1.29, 1.82) is 0 Å². The fourth-order valence-corrected chi connectivity index (χ4v) is 3.56. The highest BCUT2D eigenvalue weighted by molar-refractivity contribution is 7.80. The molecule has 2 aliphatic rings. The summed E-state index contributed by atoms with van der Waals surface area (Å²) in [6.45, 7) is 1.79. The normalized spacial score (nSPS) is 20.6. The molecular weight excluding hydrogens is 372 g/mol. The van der Waals surface area contributed by atoms with Crippen LogP contribution in [0.25, 0.3) is 6.08 Å². The minimum absolute atomic E-state index is 0.0732. The van der Waals surface area contributed by atoms with Crippen molar-refractivity contribution in [3.8, 4) is 5.75 Å². The van der Waals surface area contributed by atoms with E-state index in [0.29, 0.717) is 24.0 Å². The molecule has 6 heteroatoms. The minimum atomic E-state index is -0.107. The van der Waals surface area contributed by atoms with Crippen LogP contribution < -0.4 is 10.1 Å². The molecule has 2 aromatic carbocycles. The third kappa shape index (κ3) is 4.40. The lowest BCUT2D eigenvalue weighted by molar-refractivity contribution is -0.123. The van der Waals surface area contributed by atoms with E-state index in [1.54, 1.807) is 4.90 Å². The van der Waals surface area contributed by atoms with Crippen molar-refractivity contribution in [2.75, 3.05) is 13.2 Å². The van der Waals surface area contributed by atoms with E-state index in [4.69, 9.17) is 21.7 Å². The Balaban J connectivity index is 1.38. The van der Waals surface area contributed by atoms with E-state index in [-0.39, 0.29) is 12.0 Å². The summed E-state index contributed by atoms with van der Waals surface area (Å²) < 4.78 is 11.4. The van der Waals surface area contributed by atoms with Gasteiger partial charge in [-0.1, -0.05) is 42.5 Å². The summed E-state index contributed by atoms with van der Waals surface area (Å²) in [6.07, 6.45) is 3.89. The van der Waals surface area contributed by atoms with Crippen molar-refractivity contribution in [2.24, 2.45) is 0 Å². The van der Waals surface area contributed by atoms with E-state index in [9.17, 15) is 4.79 Å². The summed E-state index contributed by atoms with van der Waals surface area (Å²) in [4.78, 5) is 14.3. The van der Waals surface area contributed by atoms with Gasteiger partial charge in [0.15, 0.2) is 5.11 Å². The Bertz CT molecular complexity index is 874. The summed E-state index contributed by atoms with van der Waals surface area (Å²) in [5, 5.41) is 3.46. The third-order valence-corrected chi connectivity index (χ3v) is 5.13. The molecule has 2 aliphatic heterocycles. The van der Waals surface area contributed by atoms with Gasteiger partial charge in [0.2, 0.25) is 0 Å². The van der Waals surface area contributed by atoms with Gasteiger partial charge in [0.05, 0.1) is 12.6 Å². The summed E-state index contributed by atoms with van der Waals surface area (Å²) >= 11 is 5.32. The number of nitrogens with zero attached hydrogens (tertiary/aromatic N) is 1. The topological polar surface area (TPSA) is 50.8 Å². The average molecular weight is 394 g/mol. The van der Waals surface area contributed by atoms with Crippen molar-refractivity contribution in [3.63, 3.8) is 0 Å². The van der Waals surface area contributed by atoms with Crippen LogP contribution in [0.3, 0.4) is 0 Å². The molecule has 0 aliphatic carbocycles. The van der Waals surface area contributed by atoms with Crippen LogP contribution in [0.15, 0.2) is 60.3 Å². The van der Waals surface area contributed by atoms with E-state index < -0.39 is 0 Å². The second-order valence-corrected chi connectivity index (χ2v) is 7.27. The van der Waals surface area contributed by atoms with Gasteiger partial charge in [-0.15, -0.1) is 0 Å². The first-order valence-corrected chi connectivity index (χ1v) is 9.83. The Hall–Kier alpha value is -2.70. The van der Waals surface area contributed by atoms with E-state index in [0.717, 1.165) is 36.3 Å². The molecule has 1 N–H and O–H groups in total. The molecule has 2 heterocycles. The summed E-state index contributed by atoms with van der Waals surface area (Å²) in [6, 6.07) is 17.7. The van der Waals surface area contributed by atoms with Crippen LogP contribution in [0.5, 0.6) is 5.75 Å². The number of hydrogen-bond acceptors (Lipinski definition) is 4. The smallest absolute Gasteiger partial charge is 0.276 e. The van der Waals surface area contributed by atoms with Gasteiger partial charge in [-0.25, -0.2) is 0 Å². The van der Waals surface area contributed by atoms with Crippen molar-refractivity contribution in [3.05, 3.63) is 71.4 Å². The number of hydrogen-bond donors (Lipinski definition) is 1. The van der Waals surface area contributed by atoms with Gasteiger partial charge in [-0.3, -0.25) is 9.69 Å². The SMILES string of the molecule is O=C1/C(=C\c2ccc(OCc3ccccc3)cc2)NC(=S)N1CC1CCCO1. The lowest BCUT2D eigenvalue weighted by atomic mass is 10.1. The monoisotopic (exact) mass is 394 g/mol. The zero-order valence-corrected chi connectivity index (χ0v) is 16.3. The fourth-order valence-electron chi connectivity index (χ4n) is 3.30. The molecule has 1 unspecified atom stereocenters. The summed E-state index contributed by atoms with van der Waals surface area (Å²) in [5.41, 5.74) is 2.51. The molecule has 0 spiro atoms. The molecule has 144 valence electrons. The molecule has 0 saturated carbocycles. The molecule has 0 bridgehead atoms. The lowest BCUT2D eigenvalue weighted by Crippen LogP contribution is -2.37. The van der Waals surface area contributed by atoms with E-state index in [1.807, 2.05) is 60.7 Å². The number of benzene rings is 2. The molecule has 1 atom stereocenters. The third-order valence-electron chi connectivity index (χ3n) is 4.81. The first-order valence-electron chi connectivity index (χ1n) is 9.42. The van der Waals surface area contributed by atoms with Gasteiger partial charge >= 0.3 is 0 Å². The van der Waals surface area contributed by atoms with Crippen LogP contribution in [0.4, 0.5) is 0 Å². The van der Waals surface area contributed by atoms with Crippen LogP contribution in [0.1, 0.15) is 24.0 Å². The van der Waals surface area contributed by atoms with Crippen molar-refractivity contribution >= 4 is 29.3 Å². The van der Waals surface area contributed by atoms with Gasteiger partial charge < -0.3 is 14.8 Å². The standard InChI is InChI=1S/C22H22N2O3S/c25-21-20(23-22(28)24(21)14-19-7-4-12-26-19)13-16-8-10-18(11-9-16)27-15-17-5-2-1-3-6-17/h1-3,5-6,8-11,13,19H,4,7,12,14-15H2,(H,23,28)/b20-13+. The maximum absolute atomic E-state index is 12.7. The first-order chi connectivity index (χ1) is 13.7. The van der Waals surface area contributed by atoms with E-state index >= 15 is 0 Å². The van der Waals surface area contributed by atoms with Crippen LogP contribution in [0.2, 0.25) is 0 Å². The molecule has 4 rings (SSSR count). The quantitative estimate of drug-likeness (QED) is 0.600. The second-order valence-electron chi connectivity index (χ2n) is 6.88. The van der Waals surface area contributed by atoms with Crippen LogP contribution in [-0.2, 0) is 16.1 Å². The van der Waals surface area contributed by atoms with Gasteiger partial charge in [-0.2, -0.15) is 0 Å². The summed E-state index contributed by atoms with van der Waals surface area (Å²) in [5.74, 6) is 0.678. The minimum Gasteiger partial charge on any atom is -0.489 e. The van der Waals surface area contributed by atoms with Crippen LogP contribution in [-0.4, -0.2) is 35.2 Å². The molecule has 2 saturated heterocycles. The largest absolute Gasteiger partial charge is 0.489 e. The Labute approximate surface area is 169 Å². The maximum atomic E-state index is 12.7. The zero-order valence-electron chi connectivity index (χ0n) is 15.5. The van der Waals surface area contributed by atoms with Crippen molar-refractivity contribution < 1.29 is 14.3 Å². The van der Waals surface area contributed by atoms with Gasteiger partial charge in [0, 0.05) is 6.61 Å². The predicted molar refractivity (Wildman–Crippen MR) is 112 cm³/mol. The molecule has 0 aromatic heterocycles. The predicted octanol–water partition coefficient (Wildman–Crippen LogP) is 3.50. The Morgan fingerprint density at radius 3 is 2.68 bits per heavy atom. The number of carbonyl (C=O) groups is 1. The number of rotatable bonds is 6. The van der Waals surface area contributed by atoms with Crippen LogP contribution >= 0.6 is 12.2 Å². The van der Waals surface area contributed by atoms with Crippen molar-refractivity contribution in [2.45, 2.75) is 25.6 Å². The maximum Gasteiger partial charge on any atom is 0.276 e. The van der Waals surface area contributed by atoms with Gasteiger partial charge in [0.1, 0.15) is 18.1 Å². The molecule has 1 amide bonds. The molecule has 2 aromatic rings. The number of carbonyl (C=O) groups excluding carboxylic acids is 1. The highest BCUT2D eigenvalue weighted by Gasteiger charge is 2.33. The van der Waals surface area contributed by atoms with Crippen molar-refractivity contribution in [1.82, 2.24) is 10.2 Å². The second kappa shape index (κ2) is 8.54. The van der Waals surface area contributed by atoms with Gasteiger partial charge in [0.25, 0.3) is 5.91 Å². The van der Waals surface area contributed by atoms with E-state index in [1.165, 1.54) is 0 Å². The number of amides is 1. The number of nitrogens with one attached hydrogen (secondary N) is 1. The molecule has 5 nitrogen and oxygen atoms in total. The number of ether oxygens (including phenoxy) is 2. The average Bonchev–Trinajstić information content (AvgIpc) is 3.33. The zero-order chi connectivity index (χ0) is 19.3. The first kappa shape index (κ1) is 18.7. The molecular formula is C22H22N2O3S. The Morgan fingerprint density at radius 1 is 1.18 bits per heavy atom. The molecule has 2 fully saturated rings. The summed E-state index contributed by atoms with van der Waals surface area (Å²) in [7, 11) is 0. The number of thiocarbonyl (C=S) groups is 1.